The van der Waals surface area contributed by atoms with E-state index in [4.69, 9.17) is 11.6 Å². The van der Waals surface area contributed by atoms with Crippen LogP contribution in [0.15, 0.2) is 12.1 Å². The molecule has 1 saturated carbocycles. The van der Waals surface area contributed by atoms with Crippen molar-refractivity contribution in [2.45, 2.75) is 38.0 Å². The van der Waals surface area contributed by atoms with Gasteiger partial charge in [0, 0.05) is 17.5 Å². The summed E-state index contributed by atoms with van der Waals surface area (Å²) in [6.45, 7) is 0.739. The maximum Gasteiger partial charge on any atom is 0.115 e. The van der Waals surface area contributed by atoms with Crippen LogP contribution in [0.5, 0.6) is 0 Å². The van der Waals surface area contributed by atoms with Gasteiger partial charge in [0.2, 0.25) is 0 Å². The quantitative estimate of drug-likeness (QED) is 0.844. The predicted octanol–water partition coefficient (Wildman–Crippen LogP) is 3.38. The molecular formula is C10H13ClFNS. The summed E-state index contributed by atoms with van der Waals surface area (Å²) in [5, 5.41) is 3.24. The number of rotatable bonds is 3. The molecule has 0 spiro atoms. The fraction of sp³-hybridized carbons (Fsp3) is 0.600. The Balaban J connectivity index is 1.82. The summed E-state index contributed by atoms with van der Waals surface area (Å²) in [6.07, 6.45) is 2.01. The van der Waals surface area contributed by atoms with E-state index < -0.39 is 6.17 Å². The molecule has 4 heteroatoms. The summed E-state index contributed by atoms with van der Waals surface area (Å²) in [6, 6.07) is 3.92. The van der Waals surface area contributed by atoms with Gasteiger partial charge in [0.15, 0.2) is 0 Å². The molecule has 1 N–H and O–H groups in total. The lowest BCUT2D eigenvalue weighted by atomic mass is 10.2. The van der Waals surface area contributed by atoms with Gasteiger partial charge in [0.25, 0.3) is 0 Å². The van der Waals surface area contributed by atoms with Crippen LogP contribution < -0.4 is 5.32 Å². The third-order valence-electron chi connectivity index (χ3n) is 2.60. The van der Waals surface area contributed by atoms with Gasteiger partial charge in [-0.2, -0.15) is 0 Å². The molecule has 0 radical (unpaired) electrons. The Bertz CT molecular complexity index is 302. The predicted molar refractivity (Wildman–Crippen MR) is 58.7 cm³/mol. The van der Waals surface area contributed by atoms with Gasteiger partial charge >= 0.3 is 0 Å². The van der Waals surface area contributed by atoms with Crippen molar-refractivity contribution in [3.05, 3.63) is 21.3 Å². The molecule has 0 aromatic carbocycles. The van der Waals surface area contributed by atoms with Crippen molar-refractivity contribution < 1.29 is 4.39 Å². The summed E-state index contributed by atoms with van der Waals surface area (Å²) in [4.78, 5) is 1.18. The zero-order chi connectivity index (χ0) is 9.97. The van der Waals surface area contributed by atoms with Gasteiger partial charge in [0.1, 0.15) is 6.17 Å². The second-order valence-electron chi connectivity index (χ2n) is 3.64. The molecule has 1 aliphatic rings. The fourth-order valence-electron chi connectivity index (χ4n) is 1.82. The first-order valence-electron chi connectivity index (χ1n) is 4.87. The van der Waals surface area contributed by atoms with Crippen LogP contribution >= 0.6 is 22.9 Å². The maximum absolute atomic E-state index is 13.2. The monoisotopic (exact) mass is 233 g/mol. The molecule has 0 bridgehead atoms. The number of nitrogens with one attached hydrogen (secondary N) is 1. The molecule has 1 nitrogen and oxygen atoms in total. The molecule has 1 aromatic heterocycles. The Labute approximate surface area is 92.3 Å². The van der Waals surface area contributed by atoms with E-state index in [9.17, 15) is 4.39 Å². The molecule has 78 valence electrons. The van der Waals surface area contributed by atoms with Gasteiger partial charge in [-0.05, 0) is 31.4 Å². The average Bonchev–Trinajstić information content (AvgIpc) is 2.72. The summed E-state index contributed by atoms with van der Waals surface area (Å²) in [7, 11) is 0. The lowest BCUT2D eigenvalue weighted by molar-refractivity contribution is 0.279. The van der Waals surface area contributed by atoms with Crippen molar-refractivity contribution in [3.63, 3.8) is 0 Å². The van der Waals surface area contributed by atoms with Gasteiger partial charge in [-0.15, -0.1) is 11.3 Å². The van der Waals surface area contributed by atoms with Crippen molar-refractivity contribution in [2.24, 2.45) is 0 Å². The standard InChI is InChI=1S/C10H13ClFNS/c11-10-5-4-7(14-10)6-13-9-3-1-2-8(9)12/h4-5,8-9,13H,1-3,6H2/t8-,9+/m1/s1. The van der Waals surface area contributed by atoms with Crippen LogP contribution in [0.1, 0.15) is 24.1 Å². The Morgan fingerprint density at radius 2 is 2.36 bits per heavy atom. The summed E-state index contributed by atoms with van der Waals surface area (Å²) in [5.41, 5.74) is 0. The van der Waals surface area contributed by atoms with Crippen LogP contribution in [0.4, 0.5) is 4.39 Å². The number of hydrogen-bond acceptors (Lipinski definition) is 2. The molecule has 2 atom stereocenters. The highest BCUT2D eigenvalue weighted by atomic mass is 35.5. The van der Waals surface area contributed by atoms with Crippen LogP contribution in [0.2, 0.25) is 4.34 Å². The van der Waals surface area contributed by atoms with Gasteiger partial charge < -0.3 is 5.32 Å². The van der Waals surface area contributed by atoms with E-state index in [1.807, 2.05) is 12.1 Å². The smallest absolute Gasteiger partial charge is 0.115 e. The van der Waals surface area contributed by atoms with Gasteiger partial charge in [-0.25, -0.2) is 4.39 Å². The molecule has 0 aliphatic heterocycles. The van der Waals surface area contributed by atoms with Crippen LogP contribution in [0.3, 0.4) is 0 Å². The molecular weight excluding hydrogens is 221 g/mol. The largest absolute Gasteiger partial charge is 0.306 e. The van der Waals surface area contributed by atoms with Crippen molar-refractivity contribution in [3.8, 4) is 0 Å². The van der Waals surface area contributed by atoms with Crippen LogP contribution in [0, 0.1) is 0 Å². The molecule has 1 heterocycles. The topological polar surface area (TPSA) is 12.0 Å². The van der Waals surface area contributed by atoms with Crippen LogP contribution in [-0.2, 0) is 6.54 Å². The first-order chi connectivity index (χ1) is 6.75. The third kappa shape index (κ3) is 2.47. The van der Waals surface area contributed by atoms with Crippen molar-refractivity contribution >= 4 is 22.9 Å². The van der Waals surface area contributed by atoms with E-state index in [1.165, 1.54) is 4.88 Å². The molecule has 1 aliphatic carbocycles. The first kappa shape index (κ1) is 10.4. The van der Waals surface area contributed by atoms with Crippen molar-refractivity contribution in [1.82, 2.24) is 5.32 Å². The molecule has 2 rings (SSSR count). The lowest BCUT2D eigenvalue weighted by Gasteiger charge is -2.13. The van der Waals surface area contributed by atoms with Crippen LogP contribution in [-0.4, -0.2) is 12.2 Å². The zero-order valence-electron chi connectivity index (χ0n) is 7.80. The van der Waals surface area contributed by atoms with E-state index in [1.54, 1.807) is 11.3 Å². The van der Waals surface area contributed by atoms with E-state index in [-0.39, 0.29) is 6.04 Å². The SMILES string of the molecule is F[C@@H]1CCC[C@@H]1NCc1ccc(Cl)s1. The van der Waals surface area contributed by atoms with Gasteiger partial charge in [-0.3, -0.25) is 0 Å². The van der Waals surface area contributed by atoms with Crippen LogP contribution in [0.25, 0.3) is 0 Å². The minimum absolute atomic E-state index is 0.0517. The first-order valence-corrected chi connectivity index (χ1v) is 6.07. The Morgan fingerprint density at radius 1 is 1.50 bits per heavy atom. The second-order valence-corrected chi connectivity index (χ2v) is 5.44. The molecule has 1 aromatic rings. The fourth-order valence-corrected chi connectivity index (χ4v) is 2.86. The van der Waals surface area contributed by atoms with Crippen molar-refractivity contribution in [2.75, 3.05) is 0 Å². The molecule has 14 heavy (non-hydrogen) atoms. The number of alkyl halides is 1. The Hall–Kier alpha value is -0.120. The minimum Gasteiger partial charge on any atom is -0.306 e. The maximum atomic E-state index is 13.2. The average molecular weight is 234 g/mol. The normalized spacial score (nSPS) is 27.0. The highest BCUT2D eigenvalue weighted by Gasteiger charge is 2.26. The van der Waals surface area contributed by atoms with Gasteiger partial charge in [0.05, 0.1) is 4.34 Å². The third-order valence-corrected chi connectivity index (χ3v) is 3.83. The molecule has 0 saturated heterocycles. The number of thiophene rings is 1. The van der Waals surface area contributed by atoms with E-state index in [0.29, 0.717) is 6.42 Å². The highest BCUT2D eigenvalue weighted by Crippen LogP contribution is 2.24. The van der Waals surface area contributed by atoms with E-state index in [0.717, 1.165) is 23.7 Å². The Morgan fingerprint density at radius 3 is 2.93 bits per heavy atom. The Kier molecular flexibility index (Phi) is 3.42. The number of hydrogen-bond donors (Lipinski definition) is 1. The van der Waals surface area contributed by atoms with Crippen molar-refractivity contribution in [1.29, 1.82) is 0 Å². The molecule has 0 amide bonds. The molecule has 1 fully saturated rings. The van der Waals surface area contributed by atoms with E-state index in [2.05, 4.69) is 5.32 Å². The van der Waals surface area contributed by atoms with E-state index >= 15 is 0 Å². The lowest BCUT2D eigenvalue weighted by Crippen LogP contribution is -2.32. The summed E-state index contributed by atoms with van der Waals surface area (Å²) >= 11 is 7.35. The highest BCUT2D eigenvalue weighted by molar-refractivity contribution is 7.16. The minimum atomic E-state index is -0.662. The van der Waals surface area contributed by atoms with Gasteiger partial charge in [-0.1, -0.05) is 11.6 Å². The summed E-state index contributed by atoms with van der Waals surface area (Å²) < 4.78 is 14.0. The molecule has 0 unspecified atom stereocenters. The summed E-state index contributed by atoms with van der Waals surface area (Å²) in [5.74, 6) is 0. The number of halogens is 2. The zero-order valence-corrected chi connectivity index (χ0v) is 9.37. The second kappa shape index (κ2) is 4.60.